The average Bonchev–Trinajstić information content (AvgIpc) is 3.27. The lowest BCUT2D eigenvalue weighted by Crippen LogP contribution is -2.43. The molecule has 0 bridgehead atoms. The minimum absolute atomic E-state index is 0.0898. The standard InChI is InChI=1S/C19H20FN5O/c20-15-6-3-5-14(11-15)12-16-7-4-10-24(16)19(26)21-13-18-23-22-17-8-1-2-9-25(17)18/h1-3,5-6,8-9,11,16H,4,7,10,12-13H2,(H,21,26)/t16-/m0/s1. The lowest BCUT2D eigenvalue weighted by Gasteiger charge is -2.25. The van der Waals surface area contributed by atoms with E-state index in [2.05, 4.69) is 15.5 Å². The van der Waals surface area contributed by atoms with Crippen LogP contribution in [0.4, 0.5) is 9.18 Å². The second-order valence-electron chi connectivity index (χ2n) is 6.53. The Balaban J connectivity index is 1.40. The van der Waals surface area contributed by atoms with Crippen LogP contribution in [0.5, 0.6) is 0 Å². The molecule has 1 fully saturated rings. The number of pyridine rings is 1. The maximum atomic E-state index is 13.4. The molecule has 0 aliphatic carbocycles. The first kappa shape index (κ1) is 16.5. The summed E-state index contributed by atoms with van der Waals surface area (Å²) in [6, 6.07) is 12.2. The molecule has 3 aromatic rings. The average molecular weight is 353 g/mol. The molecule has 3 heterocycles. The van der Waals surface area contributed by atoms with Crippen molar-refractivity contribution in [2.24, 2.45) is 0 Å². The van der Waals surface area contributed by atoms with Crippen LogP contribution in [0.2, 0.25) is 0 Å². The zero-order valence-corrected chi connectivity index (χ0v) is 14.3. The highest BCUT2D eigenvalue weighted by Gasteiger charge is 2.28. The van der Waals surface area contributed by atoms with Gasteiger partial charge in [0.05, 0.1) is 6.54 Å². The fourth-order valence-electron chi connectivity index (χ4n) is 3.52. The molecule has 1 aliphatic heterocycles. The summed E-state index contributed by atoms with van der Waals surface area (Å²) in [6.07, 6.45) is 4.43. The summed E-state index contributed by atoms with van der Waals surface area (Å²) in [5.74, 6) is 0.449. The van der Waals surface area contributed by atoms with E-state index < -0.39 is 0 Å². The van der Waals surface area contributed by atoms with E-state index in [0.29, 0.717) is 25.3 Å². The third-order valence-corrected chi connectivity index (χ3v) is 4.78. The number of rotatable bonds is 4. The molecule has 0 spiro atoms. The van der Waals surface area contributed by atoms with Crippen LogP contribution in [0.3, 0.4) is 0 Å². The van der Waals surface area contributed by atoms with Gasteiger partial charge in [-0.2, -0.15) is 0 Å². The first-order valence-electron chi connectivity index (χ1n) is 8.78. The Hall–Kier alpha value is -2.96. The fourth-order valence-corrected chi connectivity index (χ4v) is 3.52. The highest BCUT2D eigenvalue weighted by atomic mass is 19.1. The van der Waals surface area contributed by atoms with Gasteiger partial charge in [0.15, 0.2) is 11.5 Å². The normalized spacial score (nSPS) is 17.0. The molecule has 26 heavy (non-hydrogen) atoms. The van der Waals surface area contributed by atoms with Gasteiger partial charge in [0, 0.05) is 18.8 Å². The number of nitrogens with zero attached hydrogens (tertiary/aromatic N) is 4. The first-order chi connectivity index (χ1) is 12.7. The van der Waals surface area contributed by atoms with Gasteiger partial charge >= 0.3 is 6.03 Å². The molecule has 2 amide bonds. The van der Waals surface area contributed by atoms with E-state index in [1.165, 1.54) is 12.1 Å². The molecular weight excluding hydrogens is 333 g/mol. The number of benzene rings is 1. The third-order valence-electron chi connectivity index (χ3n) is 4.78. The molecule has 1 N–H and O–H groups in total. The van der Waals surface area contributed by atoms with E-state index in [4.69, 9.17) is 0 Å². The van der Waals surface area contributed by atoms with Gasteiger partial charge in [0.2, 0.25) is 0 Å². The monoisotopic (exact) mass is 353 g/mol. The summed E-state index contributed by atoms with van der Waals surface area (Å²) in [7, 11) is 0. The quantitative estimate of drug-likeness (QED) is 0.784. The van der Waals surface area contributed by atoms with Crippen molar-refractivity contribution in [1.29, 1.82) is 0 Å². The molecule has 4 rings (SSSR count). The lowest BCUT2D eigenvalue weighted by atomic mass is 10.0. The third kappa shape index (κ3) is 3.37. The summed E-state index contributed by atoms with van der Waals surface area (Å²) in [4.78, 5) is 14.5. The van der Waals surface area contributed by atoms with E-state index in [1.54, 1.807) is 6.07 Å². The predicted octanol–water partition coefficient (Wildman–Crippen LogP) is 2.79. The Morgan fingerprint density at radius 3 is 3.04 bits per heavy atom. The topological polar surface area (TPSA) is 62.5 Å². The van der Waals surface area contributed by atoms with E-state index >= 15 is 0 Å². The van der Waals surface area contributed by atoms with Crippen molar-refractivity contribution in [2.45, 2.75) is 31.8 Å². The summed E-state index contributed by atoms with van der Waals surface area (Å²) in [5, 5.41) is 11.1. The number of urea groups is 1. The Morgan fingerprint density at radius 1 is 1.23 bits per heavy atom. The number of likely N-dealkylation sites (tertiary alicyclic amines) is 1. The Kier molecular flexibility index (Phi) is 4.51. The van der Waals surface area contributed by atoms with Crippen LogP contribution in [0.25, 0.3) is 5.65 Å². The highest BCUT2D eigenvalue weighted by molar-refractivity contribution is 5.74. The van der Waals surface area contributed by atoms with Gasteiger partial charge in [0.1, 0.15) is 5.82 Å². The van der Waals surface area contributed by atoms with Crippen molar-refractivity contribution in [3.8, 4) is 0 Å². The number of halogens is 1. The molecule has 0 radical (unpaired) electrons. The number of aromatic nitrogens is 3. The van der Waals surface area contributed by atoms with Gasteiger partial charge in [-0.05, 0) is 49.1 Å². The number of hydrogen-bond donors (Lipinski definition) is 1. The van der Waals surface area contributed by atoms with Crippen molar-refractivity contribution in [3.05, 3.63) is 65.9 Å². The van der Waals surface area contributed by atoms with E-state index in [1.807, 2.05) is 39.8 Å². The molecule has 1 atom stereocenters. The SMILES string of the molecule is O=C(NCc1nnc2ccccn12)N1CCC[C@H]1Cc1cccc(F)c1. The van der Waals surface area contributed by atoms with E-state index in [-0.39, 0.29) is 17.9 Å². The number of carbonyl (C=O) groups excluding carboxylic acids is 1. The van der Waals surface area contributed by atoms with Gasteiger partial charge in [0.25, 0.3) is 0 Å². The van der Waals surface area contributed by atoms with Gasteiger partial charge in [-0.25, -0.2) is 9.18 Å². The summed E-state index contributed by atoms with van der Waals surface area (Å²) >= 11 is 0. The maximum absolute atomic E-state index is 13.4. The lowest BCUT2D eigenvalue weighted by molar-refractivity contribution is 0.191. The summed E-state index contributed by atoms with van der Waals surface area (Å²) in [6.45, 7) is 1.03. The smallest absolute Gasteiger partial charge is 0.318 e. The number of fused-ring (bicyclic) bond motifs is 1. The molecule has 7 heteroatoms. The number of nitrogens with one attached hydrogen (secondary N) is 1. The second-order valence-corrected chi connectivity index (χ2v) is 6.53. The van der Waals surface area contributed by atoms with Gasteiger partial charge in [-0.3, -0.25) is 4.40 Å². The maximum Gasteiger partial charge on any atom is 0.318 e. The van der Waals surface area contributed by atoms with Crippen molar-refractivity contribution >= 4 is 11.7 Å². The van der Waals surface area contributed by atoms with Crippen LogP contribution in [0.15, 0.2) is 48.7 Å². The van der Waals surface area contributed by atoms with E-state index in [0.717, 1.165) is 24.1 Å². The largest absolute Gasteiger partial charge is 0.331 e. The van der Waals surface area contributed by atoms with Gasteiger partial charge in [-0.15, -0.1) is 10.2 Å². The highest BCUT2D eigenvalue weighted by Crippen LogP contribution is 2.21. The van der Waals surface area contributed by atoms with Crippen LogP contribution in [0.1, 0.15) is 24.2 Å². The predicted molar refractivity (Wildman–Crippen MR) is 95.1 cm³/mol. The van der Waals surface area contributed by atoms with Crippen molar-refractivity contribution in [1.82, 2.24) is 24.8 Å². The summed E-state index contributed by atoms with van der Waals surface area (Å²) in [5.41, 5.74) is 1.67. The fraction of sp³-hybridized carbons (Fsp3) is 0.316. The number of amides is 2. The Morgan fingerprint density at radius 2 is 2.15 bits per heavy atom. The number of hydrogen-bond acceptors (Lipinski definition) is 3. The second kappa shape index (κ2) is 7.11. The molecule has 1 saturated heterocycles. The molecule has 0 unspecified atom stereocenters. The van der Waals surface area contributed by atoms with Gasteiger partial charge in [-0.1, -0.05) is 18.2 Å². The molecule has 0 saturated carbocycles. The van der Waals surface area contributed by atoms with Crippen molar-refractivity contribution in [2.75, 3.05) is 6.54 Å². The van der Waals surface area contributed by atoms with Crippen LogP contribution in [0, 0.1) is 5.82 Å². The van der Waals surface area contributed by atoms with Crippen LogP contribution >= 0.6 is 0 Å². The minimum Gasteiger partial charge on any atom is -0.331 e. The molecule has 2 aromatic heterocycles. The van der Waals surface area contributed by atoms with Gasteiger partial charge < -0.3 is 10.2 Å². The van der Waals surface area contributed by atoms with E-state index in [9.17, 15) is 9.18 Å². The molecule has 1 aromatic carbocycles. The zero-order chi connectivity index (χ0) is 17.9. The Labute approximate surface area is 150 Å². The minimum atomic E-state index is -0.241. The summed E-state index contributed by atoms with van der Waals surface area (Å²) < 4.78 is 15.2. The first-order valence-corrected chi connectivity index (χ1v) is 8.78. The molecular formula is C19H20FN5O. The van der Waals surface area contributed by atoms with Crippen LogP contribution < -0.4 is 5.32 Å². The molecule has 6 nitrogen and oxygen atoms in total. The number of carbonyl (C=O) groups is 1. The van der Waals surface area contributed by atoms with Crippen LogP contribution in [-0.4, -0.2) is 38.1 Å². The van der Waals surface area contributed by atoms with Crippen molar-refractivity contribution in [3.63, 3.8) is 0 Å². The zero-order valence-electron chi connectivity index (χ0n) is 14.3. The molecule has 1 aliphatic rings. The van der Waals surface area contributed by atoms with Crippen molar-refractivity contribution < 1.29 is 9.18 Å². The Bertz CT molecular complexity index is 925. The molecule has 134 valence electrons. The van der Waals surface area contributed by atoms with Crippen LogP contribution in [-0.2, 0) is 13.0 Å².